The van der Waals surface area contributed by atoms with Gasteiger partial charge in [0.25, 0.3) is 0 Å². The van der Waals surface area contributed by atoms with E-state index in [-0.39, 0.29) is 5.91 Å². The van der Waals surface area contributed by atoms with Crippen LogP contribution in [0, 0.1) is 11.3 Å². The fourth-order valence-corrected chi connectivity index (χ4v) is 5.01. The lowest BCUT2D eigenvalue weighted by molar-refractivity contribution is -0.144. The molecule has 2 heterocycles. The van der Waals surface area contributed by atoms with Crippen LogP contribution < -0.4 is 5.73 Å². The van der Waals surface area contributed by atoms with Crippen molar-refractivity contribution in [1.82, 2.24) is 14.8 Å². The molecule has 6 heteroatoms. The lowest BCUT2D eigenvalue weighted by Gasteiger charge is -2.38. The third kappa shape index (κ3) is 4.07. The molecule has 1 saturated heterocycles. The van der Waals surface area contributed by atoms with Crippen LogP contribution >= 0.6 is 0 Å². The fourth-order valence-electron chi connectivity index (χ4n) is 5.01. The SMILES string of the molecule is NC(=O)C1(C(=O)N(Cc2cccnc2)CC2CCN(C3CCCC3)CC2)CC1. The highest BCUT2D eigenvalue weighted by atomic mass is 16.2. The first-order chi connectivity index (χ1) is 13.6. The molecule has 2 N–H and O–H groups in total. The van der Waals surface area contributed by atoms with Crippen molar-refractivity contribution in [2.45, 2.75) is 64.0 Å². The van der Waals surface area contributed by atoms with Gasteiger partial charge in [0.05, 0.1) is 0 Å². The zero-order valence-corrected chi connectivity index (χ0v) is 16.7. The lowest BCUT2D eigenvalue weighted by atomic mass is 9.93. The van der Waals surface area contributed by atoms with E-state index in [9.17, 15) is 9.59 Å². The van der Waals surface area contributed by atoms with Gasteiger partial charge in [0, 0.05) is 31.5 Å². The quantitative estimate of drug-likeness (QED) is 0.732. The summed E-state index contributed by atoms with van der Waals surface area (Å²) in [6, 6.07) is 4.65. The van der Waals surface area contributed by atoms with Crippen LogP contribution in [0.2, 0.25) is 0 Å². The predicted octanol–water partition coefficient (Wildman–Crippen LogP) is 2.33. The normalized spacial score (nSPS) is 22.9. The fraction of sp³-hybridized carbons (Fsp3) is 0.682. The largest absolute Gasteiger partial charge is 0.369 e. The molecule has 4 rings (SSSR count). The first-order valence-electron chi connectivity index (χ1n) is 10.8. The van der Waals surface area contributed by atoms with Gasteiger partial charge in [-0.2, -0.15) is 0 Å². The Balaban J connectivity index is 1.41. The maximum atomic E-state index is 13.2. The van der Waals surface area contributed by atoms with E-state index in [1.54, 1.807) is 12.4 Å². The molecule has 3 aliphatic rings. The average Bonchev–Trinajstić information content (AvgIpc) is 3.36. The van der Waals surface area contributed by atoms with E-state index in [2.05, 4.69) is 9.88 Å². The molecule has 3 fully saturated rings. The molecular weight excluding hydrogens is 352 g/mol. The second-order valence-electron chi connectivity index (χ2n) is 8.91. The molecule has 2 saturated carbocycles. The summed E-state index contributed by atoms with van der Waals surface area (Å²) in [5, 5.41) is 0. The average molecular weight is 385 g/mol. The lowest BCUT2D eigenvalue weighted by Crippen LogP contribution is -2.47. The van der Waals surface area contributed by atoms with E-state index in [4.69, 9.17) is 5.73 Å². The number of piperidine rings is 1. The van der Waals surface area contributed by atoms with Crippen molar-refractivity contribution in [2.24, 2.45) is 17.1 Å². The number of nitrogens with two attached hydrogens (primary N) is 1. The highest BCUT2D eigenvalue weighted by molar-refractivity contribution is 6.07. The monoisotopic (exact) mass is 384 g/mol. The van der Waals surface area contributed by atoms with Crippen LogP contribution in [-0.4, -0.2) is 52.3 Å². The second-order valence-corrected chi connectivity index (χ2v) is 8.91. The van der Waals surface area contributed by atoms with Crippen LogP contribution in [0.4, 0.5) is 0 Å². The van der Waals surface area contributed by atoms with Gasteiger partial charge >= 0.3 is 0 Å². The highest BCUT2D eigenvalue weighted by Gasteiger charge is 2.57. The molecule has 6 nitrogen and oxygen atoms in total. The summed E-state index contributed by atoms with van der Waals surface area (Å²) in [6.45, 7) is 3.47. The summed E-state index contributed by atoms with van der Waals surface area (Å²) in [6.07, 6.45) is 12.4. The zero-order chi connectivity index (χ0) is 19.6. The Hall–Kier alpha value is -1.95. The van der Waals surface area contributed by atoms with E-state index in [0.717, 1.165) is 37.5 Å². The standard InChI is InChI=1S/C22H32N4O2/c23-20(27)22(9-10-22)21(28)26(16-18-4-3-11-24-14-18)15-17-7-12-25(13-8-17)19-5-1-2-6-19/h3-4,11,14,17,19H,1-2,5-10,12-13,15-16H2,(H2,23,27). The third-order valence-corrected chi connectivity index (χ3v) is 6.98. The Kier molecular flexibility index (Phi) is 5.67. The number of carbonyl (C=O) groups excluding carboxylic acids is 2. The van der Waals surface area contributed by atoms with Gasteiger partial charge in [-0.25, -0.2) is 0 Å². The van der Waals surface area contributed by atoms with Crippen molar-refractivity contribution in [1.29, 1.82) is 0 Å². The molecule has 0 bridgehead atoms. The minimum atomic E-state index is -0.952. The van der Waals surface area contributed by atoms with Gasteiger partial charge in [0.2, 0.25) is 11.8 Å². The Bertz CT molecular complexity index is 690. The summed E-state index contributed by atoms with van der Waals surface area (Å²) < 4.78 is 0. The van der Waals surface area contributed by atoms with E-state index >= 15 is 0 Å². The van der Waals surface area contributed by atoms with Crippen molar-refractivity contribution < 1.29 is 9.59 Å². The topological polar surface area (TPSA) is 79.5 Å². The minimum absolute atomic E-state index is 0.0814. The Labute approximate surface area is 167 Å². The van der Waals surface area contributed by atoms with Gasteiger partial charge < -0.3 is 15.5 Å². The minimum Gasteiger partial charge on any atom is -0.369 e. The van der Waals surface area contributed by atoms with Crippen LogP contribution in [0.3, 0.4) is 0 Å². The van der Waals surface area contributed by atoms with Gasteiger partial charge in [0.1, 0.15) is 5.41 Å². The summed E-state index contributed by atoms with van der Waals surface area (Å²) in [4.78, 5) is 33.8. The first kappa shape index (κ1) is 19.4. The van der Waals surface area contributed by atoms with Crippen molar-refractivity contribution in [2.75, 3.05) is 19.6 Å². The first-order valence-corrected chi connectivity index (χ1v) is 10.8. The Morgan fingerprint density at radius 3 is 2.46 bits per heavy atom. The molecule has 1 aromatic heterocycles. The van der Waals surface area contributed by atoms with E-state index in [0.29, 0.717) is 31.8 Å². The molecule has 152 valence electrons. The molecule has 2 amide bonds. The number of likely N-dealkylation sites (tertiary alicyclic amines) is 1. The van der Waals surface area contributed by atoms with Crippen molar-refractivity contribution in [3.8, 4) is 0 Å². The van der Waals surface area contributed by atoms with Gasteiger partial charge in [0.15, 0.2) is 0 Å². The Morgan fingerprint density at radius 2 is 1.89 bits per heavy atom. The zero-order valence-electron chi connectivity index (χ0n) is 16.7. The van der Waals surface area contributed by atoms with Crippen LogP contribution in [-0.2, 0) is 16.1 Å². The Morgan fingerprint density at radius 1 is 1.18 bits per heavy atom. The molecule has 1 aromatic rings. The maximum Gasteiger partial charge on any atom is 0.238 e. The number of amides is 2. The number of rotatable bonds is 7. The third-order valence-electron chi connectivity index (χ3n) is 6.98. The van der Waals surface area contributed by atoms with Gasteiger partial charge in [-0.3, -0.25) is 14.6 Å². The molecule has 1 aliphatic heterocycles. The molecule has 28 heavy (non-hydrogen) atoms. The van der Waals surface area contributed by atoms with Crippen molar-refractivity contribution >= 4 is 11.8 Å². The van der Waals surface area contributed by atoms with Crippen LogP contribution in [0.1, 0.15) is 56.9 Å². The van der Waals surface area contributed by atoms with E-state index in [1.165, 1.54) is 25.7 Å². The van der Waals surface area contributed by atoms with Crippen molar-refractivity contribution in [3.63, 3.8) is 0 Å². The molecular formula is C22H32N4O2. The molecule has 0 unspecified atom stereocenters. The molecule has 2 aliphatic carbocycles. The predicted molar refractivity (Wildman–Crippen MR) is 107 cm³/mol. The summed E-state index contributed by atoms with van der Waals surface area (Å²) in [7, 11) is 0. The maximum absolute atomic E-state index is 13.2. The summed E-state index contributed by atoms with van der Waals surface area (Å²) in [5.41, 5.74) is 5.63. The molecule has 0 radical (unpaired) electrons. The number of nitrogens with zero attached hydrogens (tertiary/aromatic N) is 3. The van der Waals surface area contributed by atoms with Crippen LogP contribution in [0.15, 0.2) is 24.5 Å². The van der Waals surface area contributed by atoms with Crippen LogP contribution in [0.5, 0.6) is 0 Å². The molecule has 0 aromatic carbocycles. The van der Waals surface area contributed by atoms with Gasteiger partial charge in [-0.05, 0) is 69.2 Å². The number of hydrogen-bond donors (Lipinski definition) is 1. The van der Waals surface area contributed by atoms with E-state index < -0.39 is 11.3 Å². The molecule has 0 atom stereocenters. The number of pyridine rings is 1. The number of carbonyl (C=O) groups is 2. The van der Waals surface area contributed by atoms with Crippen molar-refractivity contribution in [3.05, 3.63) is 30.1 Å². The number of hydrogen-bond acceptors (Lipinski definition) is 4. The van der Waals surface area contributed by atoms with Crippen LogP contribution in [0.25, 0.3) is 0 Å². The van der Waals surface area contributed by atoms with E-state index in [1.807, 2.05) is 17.0 Å². The second kappa shape index (κ2) is 8.19. The number of primary amides is 1. The highest BCUT2D eigenvalue weighted by Crippen LogP contribution is 2.47. The number of aromatic nitrogens is 1. The summed E-state index contributed by atoms with van der Waals surface area (Å²) >= 11 is 0. The smallest absolute Gasteiger partial charge is 0.238 e. The van der Waals surface area contributed by atoms with Gasteiger partial charge in [-0.1, -0.05) is 18.9 Å². The molecule has 0 spiro atoms. The van der Waals surface area contributed by atoms with Gasteiger partial charge in [-0.15, -0.1) is 0 Å². The summed E-state index contributed by atoms with van der Waals surface area (Å²) in [5.74, 6) is -0.0613.